The molecule has 3 rings (SSSR count). The quantitative estimate of drug-likeness (QED) is 0.875. The number of carbonyl (C=O) groups is 1. The van der Waals surface area contributed by atoms with E-state index in [-0.39, 0.29) is 11.8 Å². The van der Waals surface area contributed by atoms with E-state index >= 15 is 0 Å². The lowest BCUT2D eigenvalue weighted by Gasteiger charge is -2.39. The Kier molecular flexibility index (Phi) is 3.85. The topological polar surface area (TPSA) is 71.2 Å². The van der Waals surface area contributed by atoms with Gasteiger partial charge in [0.2, 0.25) is 5.91 Å². The maximum Gasteiger partial charge on any atom is 0.226 e. The van der Waals surface area contributed by atoms with Gasteiger partial charge in [0.05, 0.1) is 0 Å². The molecule has 3 N–H and O–H groups in total. The zero-order valence-corrected chi connectivity index (χ0v) is 12.8. The minimum Gasteiger partial charge on any atom is -0.384 e. The molecule has 0 bridgehead atoms. The van der Waals surface area contributed by atoms with Crippen LogP contribution in [0.5, 0.6) is 0 Å². The first-order valence-electron chi connectivity index (χ1n) is 7.85. The molecule has 0 radical (unpaired) electrons. The number of hydrogen-bond acceptors (Lipinski definition) is 4. The van der Waals surface area contributed by atoms with E-state index in [4.69, 9.17) is 5.73 Å². The summed E-state index contributed by atoms with van der Waals surface area (Å²) in [5.74, 6) is 2.05. The number of aromatic nitrogens is 1. The van der Waals surface area contributed by atoms with Crippen LogP contribution in [-0.4, -0.2) is 34.9 Å². The molecule has 2 aliphatic heterocycles. The number of piperidine rings is 1. The molecule has 1 atom stereocenters. The number of hydrogen-bond donors (Lipinski definition) is 2. The fourth-order valence-electron chi connectivity index (χ4n) is 3.64. The summed E-state index contributed by atoms with van der Waals surface area (Å²) in [6, 6.07) is 4.48. The molecule has 2 aliphatic rings. The molecule has 114 valence electrons. The van der Waals surface area contributed by atoms with Crippen LogP contribution in [0.2, 0.25) is 0 Å². The van der Waals surface area contributed by atoms with E-state index in [1.807, 2.05) is 12.1 Å². The third kappa shape index (κ3) is 2.88. The SMILES string of the molecule is CC(C)N1CCC([C@H]2CC(=O)Nc3nc(N)ccc32)CC1. The first-order chi connectivity index (χ1) is 10.0. The zero-order chi connectivity index (χ0) is 15.0. The van der Waals surface area contributed by atoms with Crippen LogP contribution in [-0.2, 0) is 4.79 Å². The molecule has 0 aliphatic carbocycles. The number of nitrogens with zero attached hydrogens (tertiary/aromatic N) is 2. The first-order valence-corrected chi connectivity index (χ1v) is 7.85. The molecular weight excluding hydrogens is 264 g/mol. The maximum absolute atomic E-state index is 12.0. The van der Waals surface area contributed by atoms with Crippen LogP contribution in [0.3, 0.4) is 0 Å². The first kappa shape index (κ1) is 14.3. The number of carbonyl (C=O) groups excluding carboxylic acids is 1. The van der Waals surface area contributed by atoms with Crippen molar-refractivity contribution in [3.63, 3.8) is 0 Å². The summed E-state index contributed by atoms with van der Waals surface area (Å²) in [5.41, 5.74) is 6.89. The van der Waals surface area contributed by atoms with Gasteiger partial charge in [-0.2, -0.15) is 0 Å². The Morgan fingerprint density at radius 2 is 2.05 bits per heavy atom. The predicted molar refractivity (Wildman–Crippen MR) is 84.1 cm³/mol. The highest BCUT2D eigenvalue weighted by molar-refractivity contribution is 5.93. The summed E-state index contributed by atoms with van der Waals surface area (Å²) in [6.45, 7) is 6.74. The van der Waals surface area contributed by atoms with E-state index in [0.717, 1.165) is 31.5 Å². The molecule has 1 fully saturated rings. The highest BCUT2D eigenvalue weighted by atomic mass is 16.1. The van der Waals surface area contributed by atoms with E-state index in [2.05, 4.69) is 29.0 Å². The summed E-state index contributed by atoms with van der Waals surface area (Å²) < 4.78 is 0. The monoisotopic (exact) mass is 288 g/mol. The molecule has 21 heavy (non-hydrogen) atoms. The summed E-state index contributed by atoms with van der Waals surface area (Å²) in [6.07, 6.45) is 2.88. The molecule has 1 aromatic heterocycles. The molecule has 5 heteroatoms. The standard InChI is InChI=1S/C16H24N4O/c1-10(2)20-7-5-11(6-8-20)13-9-15(21)19-16-12(13)3-4-14(17)18-16/h3-4,10-11,13H,5-9H2,1-2H3,(H3,17,18,19,21)/t13-/m1/s1. The highest BCUT2D eigenvalue weighted by Gasteiger charge is 2.34. The minimum absolute atomic E-state index is 0.0666. The summed E-state index contributed by atoms with van der Waals surface area (Å²) in [5, 5.41) is 2.86. The van der Waals surface area contributed by atoms with Gasteiger partial charge in [0.15, 0.2) is 0 Å². The van der Waals surface area contributed by atoms with Crippen LogP contribution < -0.4 is 11.1 Å². The van der Waals surface area contributed by atoms with E-state index in [1.165, 1.54) is 0 Å². The number of nitrogen functional groups attached to an aromatic ring is 1. The molecule has 0 unspecified atom stereocenters. The van der Waals surface area contributed by atoms with Crippen molar-refractivity contribution < 1.29 is 4.79 Å². The number of pyridine rings is 1. The lowest BCUT2D eigenvalue weighted by Crippen LogP contribution is -2.41. The van der Waals surface area contributed by atoms with Crippen molar-refractivity contribution in [3.8, 4) is 0 Å². The zero-order valence-electron chi connectivity index (χ0n) is 12.8. The van der Waals surface area contributed by atoms with Gasteiger partial charge >= 0.3 is 0 Å². The summed E-state index contributed by atoms with van der Waals surface area (Å²) >= 11 is 0. The Morgan fingerprint density at radius 1 is 1.33 bits per heavy atom. The highest BCUT2D eigenvalue weighted by Crippen LogP contribution is 2.41. The summed E-state index contributed by atoms with van der Waals surface area (Å²) in [4.78, 5) is 18.8. The Hall–Kier alpha value is -1.62. The predicted octanol–water partition coefficient (Wildman–Crippen LogP) is 2.21. The average molecular weight is 288 g/mol. The third-order valence-corrected chi connectivity index (χ3v) is 4.88. The van der Waals surface area contributed by atoms with Crippen molar-refractivity contribution in [3.05, 3.63) is 17.7 Å². The Labute approximate surface area is 125 Å². The maximum atomic E-state index is 12.0. The molecule has 0 spiro atoms. The van der Waals surface area contributed by atoms with E-state index in [0.29, 0.717) is 30.0 Å². The van der Waals surface area contributed by atoms with Crippen molar-refractivity contribution in [2.45, 2.75) is 45.1 Å². The van der Waals surface area contributed by atoms with E-state index in [1.54, 1.807) is 0 Å². The summed E-state index contributed by atoms with van der Waals surface area (Å²) in [7, 11) is 0. The van der Waals surface area contributed by atoms with Gasteiger partial charge in [0.25, 0.3) is 0 Å². The van der Waals surface area contributed by atoms with Crippen LogP contribution in [0.1, 0.15) is 44.6 Å². The lowest BCUT2D eigenvalue weighted by atomic mass is 9.76. The van der Waals surface area contributed by atoms with Crippen molar-refractivity contribution in [1.29, 1.82) is 0 Å². The van der Waals surface area contributed by atoms with Crippen molar-refractivity contribution >= 4 is 17.5 Å². The van der Waals surface area contributed by atoms with Crippen molar-refractivity contribution in [2.24, 2.45) is 5.92 Å². The van der Waals surface area contributed by atoms with Crippen LogP contribution in [0.15, 0.2) is 12.1 Å². The second-order valence-corrected chi connectivity index (χ2v) is 6.50. The van der Waals surface area contributed by atoms with Gasteiger partial charge in [-0.05, 0) is 63.2 Å². The Morgan fingerprint density at radius 3 is 2.71 bits per heavy atom. The molecule has 0 aromatic carbocycles. The number of nitrogens with one attached hydrogen (secondary N) is 1. The Bertz CT molecular complexity index is 535. The molecule has 0 saturated carbocycles. The molecule has 5 nitrogen and oxygen atoms in total. The van der Waals surface area contributed by atoms with Gasteiger partial charge in [-0.1, -0.05) is 6.07 Å². The lowest BCUT2D eigenvalue weighted by molar-refractivity contribution is -0.117. The molecule has 1 saturated heterocycles. The van der Waals surface area contributed by atoms with Crippen LogP contribution in [0.4, 0.5) is 11.6 Å². The molecule has 1 amide bonds. The van der Waals surface area contributed by atoms with E-state index < -0.39 is 0 Å². The van der Waals surface area contributed by atoms with Gasteiger partial charge in [0, 0.05) is 12.5 Å². The van der Waals surface area contributed by atoms with Gasteiger partial charge < -0.3 is 16.0 Å². The number of likely N-dealkylation sites (tertiary alicyclic amines) is 1. The Balaban J connectivity index is 1.79. The molecule has 3 heterocycles. The number of nitrogens with two attached hydrogens (primary N) is 1. The number of anilines is 2. The average Bonchev–Trinajstić information content (AvgIpc) is 2.46. The minimum atomic E-state index is 0.0666. The van der Waals surface area contributed by atoms with Crippen LogP contribution in [0, 0.1) is 5.92 Å². The number of amides is 1. The number of fused-ring (bicyclic) bond motifs is 1. The van der Waals surface area contributed by atoms with Gasteiger partial charge in [-0.25, -0.2) is 4.98 Å². The van der Waals surface area contributed by atoms with Gasteiger partial charge in [0.1, 0.15) is 11.6 Å². The van der Waals surface area contributed by atoms with Crippen LogP contribution in [0.25, 0.3) is 0 Å². The second kappa shape index (κ2) is 5.64. The van der Waals surface area contributed by atoms with Gasteiger partial charge in [-0.3, -0.25) is 4.79 Å². The molecule has 1 aromatic rings. The largest absolute Gasteiger partial charge is 0.384 e. The van der Waals surface area contributed by atoms with Crippen molar-refractivity contribution in [2.75, 3.05) is 24.1 Å². The van der Waals surface area contributed by atoms with Gasteiger partial charge in [-0.15, -0.1) is 0 Å². The second-order valence-electron chi connectivity index (χ2n) is 6.50. The molecular formula is C16H24N4O. The third-order valence-electron chi connectivity index (χ3n) is 4.88. The smallest absolute Gasteiger partial charge is 0.226 e. The fourth-order valence-corrected chi connectivity index (χ4v) is 3.64. The van der Waals surface area contributed by atoms with Crippen molar-refractivity contribution in [1.82, 2.24) is 9.88 Å². The number of rotatable bonds is 2. The van der Waals surface area contributed by atoms with Crippen LogP contribution >= 0.6 is 0 Å². The normalized spacial score (nSPS) is 24.0. The van der Waals surface area contributed by atoms with E-state index in [9.17, 15) is 4.79 Å². The fraction of sp³-hybridized carbons (Fsp3) is 0.625.